The maximum absolute atomic E-state index is 11.6. The second-order valence-electron chi connectivity index (χ2n) is 12.1. The van der Waals surface area contributed by atoms with E-state index in [1.54, 1.807) is 0 Å². The van der Waals surface area contributed by atoms with Gasteiger partial charge in [-0.1, -0.05) is 52.1 Å². The molecule has 190 valence electrons. The quantitative estimate of drug-likeness (QED) is 0.477. The molecule has 35 heavy (non-hydrogen) atoms. The highest BCUT2D eigenvalue weighted by Crippen LogP contribution is 2.35. The molecule has 3 heterocycles. The van der Waals surface area contributed by atoms with Gasteiger partial charge >= 0.3 is 5.76 Å². The minimum absolute atomic E-state index is 0.0840. The highest BCUT2D eigenvalue weighted by Gasteiger charge is 2.29. The van der Waals surface area contributed by atoms with Crippen molar-refractivity contribution in [3.63, 3.8) is 0 Å². The Hall–Kier alpha value is -2.71. The summed E-state index contributed by atoms with van der Waals surface area (Å²) in [4.78, 5) is 28.9. The molecule has 0 aliphatic heterocycles. The Kier molecular flexibility index (Phi) is 6.44. The fourth-order valence-electron chi connectivity index (χ4n) is 5.46. The van der Waals surface area contributed by atoms with Gasteiger partial charge in [0, 0.05) is 19.0 Å². The lowest BCUT2D eigenvalue weighted by Crippen LogP contribution is -2.31. The molecule has 9 nitrogen and oxygen atoms in total. The maximum atomic E-state index is 11.6. The largest absolute Gasteiger partial charge is 0.439 e. The predicted octanol–water partition coefficient (Wildman–Crippen LogP) is 5.19. The number of rotatable bonds is 7. The fourth-order valence-corrected chi connectivity index (χ4v) is 5.46. The minimum Gasteiger partial charge on any atom is -0.365 e. The molecule has 0 unspecified atom stereocenters. The smallest absolute Gasteiger partial charge is 0.365 e. The molecule has 0 radical (unpaired) electrons. The summed E-state index contributed by atoms with van der Waals surface area (Å²) in [5, 5.41) is 7.54. The molecule has 5 rings (SSSR count). The molecule has 2 saturated carbocycles. The number of nitrogens with zero attached hydrogens (tertiary/aromatic N) is 5. The van der Waals surface area contributed by atoms with Crippen molar-refractivity contribution in [3.8, 4) is 11.6 Å². The zero-order valence-electron chi connectivity index (χ0n) is 21.7. The highest BCUT2D eigenvalue weighted by molar-refractivity contribution is 5.85. The van der Waals surface area contributed by atoms with Crippen LogP contribution >= 0.6 is 0 Å². The molecule has 9 heteroatoms. The Morgan fingerprint density at radius 1 is 1.11 bits per heavy atom. The summed E-state index contributed by atoms with van der Waals surface area (Å²) in [7, 11) is 0. The summed E-state index contributed by atoms with van der Waals surface area (Å²) in [6, 6.07) is 0.288. The van der Waals surface area contributed by atoms with E-state index in [-0.39, 0.29) is 17.3 Å². The Labute approximate surface area is 206 Å². The number of fused-ring (bicyclic) bond motifs is 1. The molecule has 2 aliphatic carbocycles. The molecule has 0 spiro atoms. The molecule has 0 saturated heterocycles. The molecule has 3 aromatic rings. The second kappa shape index (κ2) is 9.39. The van der Waals surface area contributed by atoms with Crippen LogP contribution in [0.1, 0.15) is 85.4 Å². The van der Waals surface area contributed by atoms with Gasteiger partial charge in [0.1, 0.15) is 11.3 Å². The van der Waals surface area contributed by atoms with E-state index in [1.165, 1.54) is 44.9 Å². The summed E-state index contributed by atoms with van der Waals surface area (Å²) in [6.45, 7) is 12.3. The first kappa shape index (κ1) is 24.0. The number of nitrogens with one attached hydrogen (secondary N) is 2. The molecule has 0 aromatic carbocycles. The van der Waals surface area contributed by atoms with Crippen LogP contribution in [0.3, 0.4) is 0 Å². The molecule has 3 aromatic heterocycles. The van der Waals surface area contributed by atoms with Crippen LogP contribution in [-0.2, 0) is 13.0 Å². The van der Waals surface area contributed by atoms with Gasteiger partial charge in [0.05, 0.1) is 0 Å². The van der Waals surface area contributed by atoms with Gasteiger partial charge in [-0.25, -0.2) is 19.7 Å². The van der Waals surface area contributed by atoms with E-state index in [4.69, 9.17) is 19.5 Å². The van der Waals surface area contributed by atoms with E-state index in [0.29, 0.717) is 23.3 Å². The van der Waals surface area contributed by atoms with Crippen molar-refractivity contribution in [2.45, 2.75) is 98.6 Å². The highest BCUT2D eigenvalue weighted by atomic mass is 16.5. The van der Waals surface area contributed by atoms with Crippen LogP contribution in [0.15, 0.2) is 9.32 Å². The third-order valence-electron chi connectivity index (χ3n) is 7.82. The number of hydrogen-bond acceptors (Lipinski definition) is 7. The molecule has 1 atom stereocenters. The van der Waals surface area contributed by atoms with E-state index in [2.05, 4.69) is 54.6 Å². The van der Waals surface area contributed by atoms with Crippen molar-refractivity contribution >= 4 is 17.0 Å². The van der Waals surface area contributed by atoms with Gasteiger partial charge in [-0.05, 0) is 55.8 Å². The van der Waals surface area contributed by atoms with Crippen LogP contribution in [0, 0.1) is 23.2 Å². The van der Waals surface area contributed by atoms with Crippen LogP contribution in [0.4, 0.5) is 5.82 Å². The molecule has 0 bridgehead atoms. The topological polar surface area (TPSA) is 115 Å². The van der Waals surface area contributed by atoms with Crippen molar-refractivity contribution < 1.29 is 4.52 Å². The summed E-state index contributed by atoms with van der Waals surface area (Å²) in [5.41, 5.74) is 1.69. The molecular formula is C26H39N7O2. The van der Waals surface area contributed by atoms with Gasteiger partial charge in [0.15, 0.2) is 11.5 Å². The molecule has 0 amide bonds. The third kappa shape index (κ3) is 5.28. The van der Waals surface area contributed by atoms with Crippen molar-refractivity contribution in [3.05, 3.63) is 16.4 Å². The summed E-state index contributed by atoms with van der Waals surface area (Å²) in [5.74, 6) is 3.83. The number of hydrogen-bond donors (Lipinski definition) is 2. The number of anilines is 1. The monoisotopic (exact) mass is 481 g/mol. The SMILES string of the molecule is C[C@@H](Nc1nc(-c2noc(=O)[nH]2)nc2nc(CC(C)(C)C)n(C[C@H]3CC[C@H](C)CC3)c12)C1CCC1. The van der Waals surface area contributed by atoms with E-state index >= 15 is 0 Å². The average Bonchev–Trinajstić information content (AvgIpc) is 3.31. The summed E-state index contributed by atoms with van der Waals surface area (Å²) in [6.07, 6.45) is 9.68. The Morgan fingerprint density at radius 3 is 2.46 bits per heavy atom. The van der Waals surface area contributed by atoms with Gasteiger partial charge < -0.3 is 9.88 Å². The molecule has 2 aliphatic rings. The van der Waals surface area contributed by atoms with E-state index in [9.17, 15) is 4.79 Å². The third-order valence-corrected chi connectivity index (χ3v) is 7.82. The van der Waals surface area contributed by atoms with E-state index < -0.39 is 5.76 Å². The predicted molar refractivity (Wildman–Crippen MR) is 136 cm³/mol. The van der Waals surface area contributed by atoms with Crippen molar-refractivity contribution in [2.24, 2.45) is 23.2 Å². The van der Waals surface area contributed by atoms with Crippen molar-refractivity contribution in [1.82, 2.24) is 29.7 Å². The summed E-state index contributed by atoms with van der Waals surface area (Å²) < 4.78 is 7.11. The fraction of sp³-hybridized carbons (Fsp3) is 0.731. The molecular weight excluding hydrogens is 442 g/mol. The van der Waals surface area contributed by atoms with Crippen LogP contribution in [0.5, 0.6) is 0 Å². The van der Waals surface area contributed by atoms with Crippen LogP contribution in [-0.4, -0.2) is 35.7 Å². The zero-order valence-corrected chi connectivity index (χ0v) is 21.7. The maximum Gasteiger partial charge on any atom is 0.439 e. The first-order chi connectivity index (χ1) is 16.7. The van der Waals surface area contributed by atoms with Crippen molar-refractivity contribution in [1.29, 1.82) is 0 Å². The Morgan fingerprint density at radius 2 is 1.86 bits per heavy atom. The van der Waals surface area contributed by atoms with Crippen LogP contribution < -0.4 is 11.1 Å². The molecule has 2 fully saturated rings. The standard InChI is InChI=1S/C26H39N7O2/c1-15-9-11-17(12-10-15)14-33-19(13-26(3,4)5)28-22-20(33)21(27-16(2)18-7-6-8-18)29-23(30-22)24-31-25(34)35-32-24/h15-18H,6-14H2,1-5H3,(H,27,29,30)(H,31,32,34)/t15-,16-,17-/m1/s1. The second-order valence-corrected chi connectivity index (χ2v) is 12.1. The lowest BCUT2D eigenvalue weighted by molar-refractivity contribution is 0.262. The van der Waals surface area contributed by atoms with E-state index in [1.807, 2.05) is 0 Å². The van der Waals surface area contributed by atoms with Gasteiger partial charge in [0.25, 0.3) is 0 Å². The summed E-state index contributed by atoms with van der Waals surface area (Å²) >= 11 is 0. The van der Waals surface area contributed by atoms with Gasteiger partial charge in [-0.2, -0.15) is 0 Å². The van der Waals surface area contributed by atoms with Gasteiger partial charge in [0.2, 0.25) is 11.6 Å². The van der Waals surface area contributed by atoms with E-state index in [0.717, 1.165) is 36.0 Å². The van der Waals surface area contributed by atoms with Crippen molar-refractivity contribution in [2.75, 3.05) is 5.32 Å². The minimum atomic E-state index is -0.619. The average molecular weight is 482 g/mol. The number of aromatic nitrogens is 6. The normalized spacial score (nSPS) is 22.3. The van der Waals surface area contributed by atoms with Crippen LogP contribution in [0.2, 0.25) is 0 Å². The zero-order chi connectivity index (χ0) is 24.7. The Balaban J connectivity index is 1.62. The molecule has 2 N–H and O–H groups in total. The van der Waals surface area contributed by atoms with Gasteiger partial charge in [-0.3, -0.25) is 9.51 Å². The van der Waals surface area contributed by atoms with Crippen LogP contribution in [0.25, 0.3) is 22.8 Å². The Bertz CT molecular complexity index is 1220. The first-order valence-electron chi connectivity index (χ1n) is 13.3. The number of H-pyrrole nitrogens is 1. The lowest BCUT2D eigenvalue weighted by Gasteiger charge is -2.32. The van der Waals surface area contributed by atoms with Gasteiger partial charge in [-0.15, -0.1) is 0 Å². The number of aromatic amines is 1. The number of imidazole rings is 1. The first-order valence-corrected chi connectivity index (χ1v) is 13.3. The lowest BCUT2D eigenvalue weighted by atomic mass is 9.80.